The number of ether oxygens (including phenoxy) is 2. The highest BCUT2D eigenvalue weighted by Gasteiger charge is 2.55. The van der Waals surface area contributed by atoms with Crippen molar-refractivity contribution in [2.24, 2.45) is 0 Å². The van der Waals surface area contributed by atoms with Crippen LogP contribution in [0, 0.1) is 11.5 Å². The Morgan fingerprint density at radius 2 is 1.23 bits per heavy atom. The number of aliphatic hydroxyl groups excluding tert-OH is 1. The Hall–Kier alpha value is 0.0106. The van der Waals surface area contributed by atoms with Crippen LogP contribution in [0.25, 0.3) is 0 Å². The zero-order valence-electron chi connectivity index (χ0n) is 22.5. The average Bonchev–Trinajstić information content (AvgIpc) is 2.86. The molecule has 8 heteroatoms. The van der Waals surface area contributed by atoms with E-state index in [2.05, 4.69) is 98.8 Å². The molecule has 1 aliphatic rings. The molecule has 0 spiro atoms. The van der Waals surface area contributed by atoms with E-state index in [-0.39, 0.29) is 10.1 Å². The van der Waals surface area contributed by atoms with E-state index in [1.807, 2.05) is 0 Å². The zero-order valence-corrected chi connectivity index (χ0v) is 25.5. The van der Waals surface area contributed by atoms with Gasteiger partial charge >= 0.3 is 0 Å². The molecule has 5 atom stereocenters. The molecule has 0 aromatic rings. The Morgan fingerprint density at radius 1 is 0.806 bits per heavy atom. The molecule has 31 heavy (non-hydrogen) atoms. The molecule has 1 heterocycles. The van der Waals surface area contributed by atoms with Crippen molar-refractivity contribution in [3.8, 4) is 11.5 Å². The minimum atomic E-state index is -2.17. The quantitative estimate of drug-likeness (QED) is 0.402. The van der Waals surface area contributed by atoms with E-state index < -0.39 is 55.4 Å². The molecular weight excluding hydrogens is 441 g/mol. The van der Waals surface area contributed by atoms with Gasteiger partial charge < -0.3 is 23.4 Å². The first-order valence-electron chi connectivity index (χ1n) is 11.4. The lowest BCUT2D eigenvalue weighted by molar-refractivity contribution is -0.155. The van der Waals surface area contributed by atoms with Gasteiger partial charge in [0.05, 0.1) is 0 Å². The fraction of sp³-hybridized carbons (Fsp3) is 0.913. The van der Waals surface area contributed by atoms with E-state index in [1.54, 1.807) is 7.11 Å². The van der Waals surface area contributed by atoms with E-state index in [0.29, 0.717) is 0 Å². The highest BCUT2D eigenvalue weighted by molar-refractivity contribution is 6.83. The van der Waals surface area contributed by atoms with Crippen molar-refractivity contribution >= 4 is 24.7 Å². The van der Waals surface area contributed by atoms with Crippen LogP contribution < -0.4 is 0 Å². The molecule has 0 aromatic carbocycles. The molecule has 0 unspecified atom stereocenters. The third-order valence-electron chi connectivity index (χ3n) is 6.82. The maximum atomic E-state index is 11.0. The number of aliphatic hydroxyl groups is 1. The summed E-state index contributed by atoms with van der Waals surface area (Å²) in [5, 5.41) is 11.1. The number of hydrogen-bond acceptors (Lipinski definition) is 5. The van der Waals surface area contributed by atoms with Crippen LogP contribution in [-0.4, -0.2) is 67.6 Å². The van der Waals surface area contributed by atoms with Crippen LogP contribution in [0.15, 0.2) is 0 Å². The Labute approximate surface area is 194 Å². The van der Waals surface area contributed by atoms with Gasteiger partial charge in [0, 0.05) is 7.11 Å². The molecule has 0 bridgehead atoms. The second-order valence-corrected chi connectivity index (χ2v) is 27.1. The van der Waals surface area contributed by atoms with Crippen LogP contribution in [-0.2, 0) is 18.3 Å². The second kappa shape index (κ2) is 9.71. The summed E-state index contributed by atoms with van der Waals surface area (Å²) < 4.78 is 25.6. The molecule has 182 valence electrons. The summed E-state index contributed by atoms with van der Waals surface area (Å²) in [5.41, 5.74) is 3.27. The molecule has 0 aliphatic carbocycles. The number of methoxy groups -OCH3 is 1. The predicted molar refractivity (Wildman–Crippen MR) is 137 cm³/mol. The monoisotopic (exact) mass is 488 g/mol. The van der Waals surface area contributed by atoms with Gasteiger partial charge in [-0.05, 0) is 36.3 Å². The first-order chi connectivity index (χ1) is 13.6. The Morgan fingerprint density at radius 3 is 1.58 bits per heavy atom. The van der Waals surface area contributed by atoms with Crippen LogP contribution >= 0.6 is 0 Å². The first kappa shape index (κ1) is 29.0. The lowest BCUT2D eigenvalue weighted by Crippen LogP contribution is -2.55. The van der Waals surface area contributed by atoms with E-state index in [0.717, 1.165) is 0 Å². The molecule has 1 aliphatic heterocycles. The summed E-state index contributed by atoms with van der Waals surface area (Å²) in [6.45, 7) is 28.6. The molecule has 1 rings (SSSR count). The lowest BCUT2D eigenvalue weighted by atomic mass is 10.1. The summed E-state index contributed by atoms with van der Waals surface area (Å²) in [7, 11) is -4.33. The van der Waals surface area contributed by atoms with E-state index in [1.165, 1.54) is 0 Å². The SMILES string of the molecule is CO[C@@H]1O[C@H]([C@@H](O)C#C[Si](C)(C)C)[C@@H](O[Si](C)(C)C(C)(C)C)[C@H]1O[Si](C)(C)C(C)(C)C. The van der Waals surface area contributed by atoms with Crippen LogP contribution in [0.5, 0.6) is 0 Å². The van der Waals surface area contributed by atoms with Gasteiger partial charge in [-0.15, -0.1) is 5.54 Å². The van der Waals surface area contributed by atoms with Crippen molar-refractivity contribution in [3.05, 3.63) is 0 Å². The molecule has 0 amide bonds. The summed E-state index contributed by atoms with van der Waals surface area (Å²) >= 11 is 0. The van der Waals surface area contributed by atoms with Gasteiger partial charge in [0.2, 0.25) is 0 Å². The summed E-state index contributed by atoms with van der Waals surface area (Å²) in [5.74, 6) is 3.06. The van der Waals surface area contributed by atoms with Crippen molar-refractivity contribution in [2.75, 3.05) is 7.11 Å². The highest BCUT2D eigenvalue weighted by atomic mass is 28.4. The van der Waals surface area contributed by atoms with Crippen LogP contribution in [0.4, 0.5) is 0 Å². The molecule has 0 aromatic heterocycles. The number of hydrogen-bond donors (Lipinski definition) is 1. The van der Waals surface area contributed by atoms with Gasteiger partial charge in [-0.3, -0.25) is 0 Å². The largest absolute Gasteiger partial charge is 0.408 e. The van der Waals surface area contributed by atoms with Crippen LogP contribution in [0.3, 0.4) is 0 Å². The molecule has 1 saturated heterocycles. The second-order valence-electron chi connectivity index (χ2n) is 12.9. The maximum absolute atomic E-state index is 11.0. The van der Waals surface area contributed by atoms with Crippen LogP contribution in [0.2, 0.25) is 55.9 Å². The minimum Gasteiger partial charge on any atom is -0.408 e. The Balaban J connectivity index is 3.41. The molecular formula is C23H48O5Si3. The van der Waals surface area contributed by atoms with Gasteiger partial charge in [0.15, 0.2) is 22.9 Å². The van der Waals surface area contributed by atoms with Gasteiger partial charge in [-0.1, -0.05) is 67.1 Å². The zero-order chi connectivity index (χ0) is 24.6. The maximum Gasteiger partial charge on any atom is 0.192 e. The third kappa shape index (κ3) is 7.51. The van der Waals surface area contributed by atoms with Crippen molar-refractivity contribution in [1.29, 1.82) is 0 Å². The fourth-order valence-electron chi connectivity index (χ4n) is 2.76. The Bertz CT molecular complexity index is 662. The van der Waals surface area contributed by atoms with E-state index >= 15 is 0 Å². The van der Waals surface area contributed by atoms with Crippen molar-refractivity contribution in [2.45, 2.75) is 128 Å². The smallest absolute Gasteiger partial charge is 0.192 e. The van der Waals surface area contributed by atoms with E-state index in [9.17, 15) is 5.11 Å². The minimum absolute atomic E-state index is 0.0131. The molecule has 5 nitrogen and oxygen atoms in total. The molecule has 0 saturated carbocycles. The third-order valence-corrected chi connectivity index (χ3v) is 16.7. The van der Waals surface area contributed by atoms with E-state index in [4.69, 9.17) is 18.3 Å². The normalized spacial score (nSPS) is 27.1. The highest BCUT2D eigenvalue weighted by Crippen LogP contribution is 2.44. The van der Waals surface area contributed by atoms with Crippen LogP contribution in [0.1, 0.15) is 41.5 Å². The molecule has 1 fully saturated rings. The predicted octanol–water partition coefficient (Wildman–Crippen LogP) is 5.38. The number of rotatable bonds is 6. The van der Waals surface area contributed by atoms with Gasteiger partial charge in [0.1, 0.15) is 32.5 Å². The first-order valence-corrected chi connectivity index (χ1v) is 20.7. The van der Waals surface area contributed by atoms with Gasteiger partial charge in [-0.25, -0.2) is 0 Å². The standard InChI is InChI=1S/C23H48O5Si3/c1-22(2,3)30(11,12)27-19-18(17(24)15-16-29(8,9)10)26-21(25-7)20(19)28-31(13,14)23(4,5)6/h17-21,24H,1-14H3/t17-,18+,19+,20+,21+/m0/s1. The summed E-state index contributed by atoms with van der Waals surface area (Å²) in [6.07, 6.45) is -3.01. The average molecular weight is 489 g/mol. The molecule has 1 N–H and O–H groups in total. The van der Waals surface area contributed by atoms with Crippen molar-refractivity contribution < 1.29 is 23.4 Å². The lowest BCUT2D eigenvalue weighted by Gasteiger charge is -2.44. The van der Waals surface area contributed by atoms with Gasteiger partial charge in [0.25, 0.3) is 0 Å². The van der Waals surface area contributed by atoms with Crippen molar-refractivity contribution in [3.63, 3.8) is 0 Å². The molecule has 0 radical (unpaired) electrons. The topological polar surface area (TPSA) is 57.2 Å². The summed E-state index contributed by atoms with van der Waals surface area (Å²) in [6, 6.07) is 0. The summed E-state index contributed by atoms with van der Waals surface area (Å²) in [4.78, 5) is 0. The Kier molecular flexibility index (Phi) is 9.09. The van der Waals surface area contributed by atoms with Gasteiger partial charge in [-0.2, -0.15) is 0 Å². The van der Waals surface area contributed by atoms with Crippen molar-refractivity contribution in [1.82, 2.24) is 0 Å². The fourth-order valence-corrected chi connectivity index (χ4v) is 5.92.